The van der Waals surface area contributed by atoms with Gasteiger partial charge in [-0.15, -0.1) is 0 Å². The lowest BCUT2D eigenvalue weighted by molar-refractivity contribution is -0.137. The third kappa shape index (κ3) is 4.80. The lowest BCUT2D eigenvalue weighted by Gasteiger charge is -2.14. The summed E-state index contributed by atoms with van der Waals surface area (Å²) >= 11 is 5.59. The number of aromatic nitrogens is 1. The molecule has 0 saturated carbocycles. The fraction of sp³-hybridized carbons (Fsp3) is 0.100. The lowest BCUT2D eigenvalue weighted by Crippen LogP contribution is -2.19. The van der Waals surface area contributed by atoms with Crippen molar-refractivity contribution in [3.63, 3.8) is 0 Å². The zero-order valence-corrected chi connectivity index (χ0v) is 16.1. The van der Waals surface area contributed by atoms with Gasteiger partial charge in [0.05, 0.1) is 16.3 Å². The molecule has 1 aromatic heterocycles. The first-order chi connectivity index (χ1) is 14.2. The van der Waals surface area contributed by atoms with Gasteiger partial charge >= 0.3 is 6.18 Å². The first-order valence-corrected chi connectivity index (χ1v) is 8.85. The van der Waals surface area contributed by atoms with Crippen LogP contribution in [0.15, 0.2) is 54.7 Å². The Balaban J connectivity index is 1.83. The number of carbonyl (C=O) groups is 1. The largest absolute Gasteiger partial charge is 0.455 e. The van der Waals surface area contributed by atoms with Gasteiger partial charge < -0.3 is 15.4 Å². The number of amides is 1. The number of halogens is 5. The van der Waals surface area contributed by atoms with Crippen LogP contribution in [0, 0.1) is 5.82 Å². The van der Waals surface area contributed by atoms with E-state index in [-0.39, 0.29) is 28.6 Å². The molecule has 2 aromatic carbocycles. The second-order valence-electron chi connectivity index (χ2n) is 5.99. The van der Waals surface area contributed by atoms with Gasteiger partial charge in [-0.25, -0.2) is 9.37 Å². The number of hydrogen-bond donors (Lipinski definition) is 2. The minimum absolute atomic E-state index is 0.00783. The highest BCUT2D eigenvalue weighted by Gasteiger charge is 2.33. The predicted octanol–water partition coefficient (Wildman–Crippen LogP) is 5.79. The Morgan fingerprint density at radius 2 is 1.90 bits per heavy atom. The molecule has 0 fully saturated rings. The summed E-state index contributed by atoms with van der Waals surface area (Å²) in [6, 6.07) is 9.93. The highest BCUT2D eigenvalue weighted by molar-refractivity contribution is 6.31. The normalized spacial score (nSPS) is 11.1. The van der Waals surface area contributed by atoms with Crippen LogP contribution in [0.3, 0.4) is 0 Å². The van der Waals surface area contributed by atoms with Crippen LogP contribution < -0.4 is 15.4 Å². The minimum atomic E-state index is -4.64. The molecule has 0 spiro atoms. The summed E-state index contributed by atoms with van der Waals surface area (Å²) in [5.41, 5.74) is -1.08. The summed E-state index contributed by atoms with van der Waals surface area (Å²) in [7, 11) is 1.43. The van der Waals surface area contributed by atoms with E-state index < -0.39 is 28.5 Å². The summed E-state index contributed by atoms with van der Waals surface area (Å²) in [6.45, 7) is 0. The molecule has 1 amide bonds. The maximum absolute atomic E-state index is 14.5. The van der Waals surface area contributed by atoms with Crippen LogP contribution in [0.2, 0.25) is 5.02 Å². The van der Waals surface area contributed by atoms with E-state index >= 15 is 0 Å². The quantitative estimate of drug-likeness (QED) is 0.494. The number of pyridine rings is 1. The highest BCUT2D eigenvalue weighted by Crippen LogP contribution is 2.37. The van der Waals surface area contributed by atoms with Crippen molar-refractivity contribution >= 4 is 28.9 Å². The van der Waals surface area contributed by atoms with Crippen molar-refractivity contribution in [2.45, 2.75) is 6.18 Å². The summed E-state index contributed by atoms with van der Waals surface area (Å²) < 4.78 is 59.0. The van der Waals surface area contributed by atoms with Crippen LogP contribution in [0.5, 0.6) is 11.5 Å². The summed E-state index contributed by atoms with van der Waals surface area (Å²) in [5, 5.41) is 4.54. The molecule has 2 N–H and O–H groups in total. The fourth-order valence-electron chi connectivity index (χ4n) is 2.53. The Hall–Kier alpha value is -3.33. The van der Waals surface area contributed by atoms with Crippen LogP contribution in [0.25, 0.3) is 0 Å². The van der Waals surface area contributed by atoms with Gasteiger partial charge in [0.25, 0.3) is 5.91 Å². The van der Waals surface area contributed by atoms with Crippen molar-refractivity contribution in [2.75, 3.05) is 12.4 Å². The Bertz CT molecular complexity index is 1090. The number of anilines is 2. The first-order valence-electron chi connectivity index (χ1n) is 8.47. The topological polar surface area (TPSA) is 63.2 Å². The van der Waals surface area contributed by atoms with Crippen LogP contribution >= 0.6 is 11.6 Å². The maximum Gasteiger partial charge on any atom is 0.417 e. The van der Waals surface area contributed by atoms with E-state index in [2.05, 4.69) is 15.6 Å². The van der Waals surface area contributed by atoms with Gasteiger partial charge in [0.15, 0.2) is 11.4 Å². The zero-order chi connectivity index (χ0) is 21.9. The average Bonchev–Trinajstić information content (AvgIpc) is 2.70. The van der Waals surface area contributed by atoms with Crippen LogP contribution in [0.1, 0.15) is 16.1 Å². The number of hydrogen-bond acceptors (Lipinski definition) is 4. The fourth-order valence-corrected chi connectivity index (χ4v) is 2.75. The smallest absolute Gasteiger partial charge is 0.417 e. The number of carbonyl (C=O) groups excluding carboxylic acids is 1. The standard InChI is InChI=1S/C20H14ClF4N3O2/c1-26-19(29)18-17(3-2-8-27-18)30-12-5-7-16(15(22)10-12)28-11-4-6-14(21)13(9-11)20(23,24)25/h2-10,28H,1H3,(H,26,29). The Morgan fingerprint density at radius 3 is 2.57 bits per heavy atom. The van der Waals surface area contributed by atoms with Crippen molar-refractivity contribution in [1.29, 1.82) is 0 Å². The molecule has 3 aromatic rings. The molecule has 0 aliphatic rings. The lowest BCUT2D eigenvalue weighted by atomic mass is 10.2. The SMILES string of the molecule is CNC(=O)c1ncccc1Oc1ccc(Nc2ccc(Cl)c(C(F)(F)F)c2)c(F)c1. The second-order valence-corrected chi connectivity index (χ2v) is 6.40. The number of ether oxygens (including phenoxy) is 1. The maximum atomic E-state index is 14.5. The van der Waals surface area contributed by atoms with E-state index in [0.717, 1.165) is 18.2 Å². The Kier molecular flexibility index (Phi) is 6.12. The number of alkyl halides is 3. The third-order valence-corrected chi connectivity index (χ3v) is 4.26. The molecule has 5 nitrogen and oxygen atoms in total. The Morgan fingerprint density at radius 1 is 1.13 bits per heavy atom. The zero-order valence-electron chi connectivity index (χ0n) is 15.3. The monoisotopic (exact) mass is 439 g/mol. The molecule has 10 heteroatoms. The van der Waals surface area contributed by atoms with E-state index in [1.807, 2.05) is 0 Å². The molecular weight excluding hydrogens is 426 g/mol. The van der Waals surface area contributed by atoms with Gasteiger partial charge in [-0.1, -0.05) is 11.6 Å². The molecule has 0 unspecified atom stereocenters. The molecule has 0 aliphatic carbocycles. The van der Waals surface area contributed by atoms with Gasteiger partial charge in [-0.3, -0.25) is 4.79 Å². The number of nitrogens with zero attached hydrogens (tertiary/aromatic N) is 1. The van der Waals surface area contributed by atoms with E-state index in [4.69, 9.17) is 16.3 Å². The van der Waals surface area contributed by atoms with E-state index in [0.29, 0.717) is 0 Å². The van der Waals surface area contributed by atoms with Gasteiger partial charge in [0, 0.05) is 25.0 Å². The van der Waals surface area contributed by atoms with Crippen molar-refractivity contribution in [2.24, 2.45) is 0 Å². The van der Waals surface area contributed by atoms with Crippen molar-refractivity contribution < 1.29 is 27.1 Å². The summed E-state index contributed by atoms with van der Waals surface area (Å²) in [6.07, 6.45) is -3.23. The molecular formula is C20H14ClF4N3O2. The number of rotatable bonds is 5. The molecule has 0 saturated heterocycles. The molecule has 1 heterocycles. The molecule has 0 bridgehead atoms. The molecule has 156 valence electrons. The van der Waals surface area contributed by atoms with Crippen LogP contribution in [0.4, 0.5) is 28.9 Å². The van der Waals surface area contributed by atoms with Gasteiger partial charge in [0.2, 0.25) is 0 Å². The van der Waals surface area contributed by atoms with E-state index in [1.165, 1.54) is 37.5 Å². The summed E-state index contributed by atoms with van der Waals surface area (Å²) in [5.74, 6) is -1.07. The van der Waals surface area contributed by atoms with Crippen LogP contribution in [-0.4, -0.2) is 17.9 Å². The first kappa shape index (κ1) is 21.4. The second kappa shape index (κ2) is 8.58. The predicted molar refractivity (Wildman–Crippen MR) is 104 cm³/mol. The molecule has 0 atom stereocenters. The third-order valence-electron chi connectivity index (χ3n) is 3.93. The van der Waals surface area contributed by atoms with E-state index in [1.54, 1.807) is 6.07 Å². The van der Waals surface area contributed by atoms with Crippen LogP contribution in [-0.2, 0) is 6.18 Å². The number of benzene rings is 2. The summed E-state index contributed by atoms with van der Waals surface area (Å²) in [4.78, 5) is 15.8. The van der Waals surface area contributed by atoms with Gasteiger partial charge in [-0.05, 0) is 42.5 Å². The molecule has 30 heavy (non-hydrogen) atoms. The minimum Gasteiger partial charge on any atom is -0.455 e. The molecule has 0 aliphatic heterocycles. The highest BCUT2D eigenvalue weighted by atomic mass is 35.5. The van der Waals surface area contributed by atoms with Gasteiger partial charge in [0.1, 0.15) is 11.6 Å². The van der Waals surface area contributed by atoms with Crippen molar-refractivity contribution in [3.05, 3.63) is 76.8 Å². The van der Waals surface area contributed by atoms with E-state index in [9.17, 15) is 22.4 Å². The average molecular weight is 440 g/mol. The number of nitrogens with one attached hydrogen (secondary N) is 2. The van der Waals surface area contributed by atoms with Gasteiger partial charge in [-0.2, -0.15) is 13.2 Å². The van der Waals surface area contributed by atoms with Crippen molar-refractivity contribution in [1.82, 2.24) is 10.3 Å². The molecule has 0 radical (unpaired) electrons. The molecule has 3 rings (SSSR count). The Labute approximate surface area is 173 Å². The van der Waals surface area contributed by atoms with Crippen molar-refractivity contribution in [3.8, 4) is 11.5 Å².